The molecule has 0 heterocycles. The summed E-state index contributed by atoms with van der Waals surface area (Å²) >= 11 is 0. The van der Waals surface area contributed by atoms with Gasteiger partial charge in [-0.3, -0.25) is 0 Å². The van der Waals surface area contributed by atoms with E-state index in [9.17, 15) is 31.1 Å². The third-order valence-corrected chi connectivity index (χ3v) is 5.02. The first-order valence-electron chi connectivity index (χ1n) is 9.27. The Balaban J connectivity index is 2.31. The Bertz CT molecular complexity index is 813. The highest BCUT2D eigenvalue weighted by molar-refractivity contribution is 5.49. The molecule has 0 N–H and O–H groups in total. The molecule has 164 valence electrons. The zero-order chi connectivity index (χ0) is 22.6. The number of benzene rings is 2. The summed E-state index contributed by atoms with van der Waals surface area (Å²) in [5.41, 5.74) is -2.75. The number of alkyl halides is 6. The van der Waals surface area contributed by atoms with Crippen LogP contribution in [0.5, 0.6) is 0 Å². The largest absolute Gasteiger partial charge is 0.416 e. The first-order valence-corrected chi connectivity index (χ1v) is 9.27. The topological polar surface area (TPSA) is 26.3 Å². The summed E-state index contributed by atoms with van der Waals surface area (Å²) in [5, 5.41) is 0. The third-order valence-electron chi connectivity index (χ3n) is 5.02. The van der Waals surface area contributed by atoms with E-state index in [1.54, 1.807) is 12.1 Å². The van der Waals surface area contributed by atoms with E-state index in [4.69, 9.17) is 4.74 Å². The highest BCUT2D eigenvalue weighted by Crippen LogP contribution is 2.38. The highest BCUT2D eigenvalue weighted by Gasteiger charge is 2.37. The number of carbonyl (C=O) groups excluding carboxylic acids is 1. The average Bonchev–Trinajstić information content (AvgIpc) is 2.69. The predicted molar refractivity (Wildman–Crippen MR) is 99.9 cm³/mol. The molecule has 8 heteroatoms. The van der Waals surface area contributed by atoms with Gasteiger partial charge in [0.2, 0.25) is 0 Å². The molecule has 2 nitrogen and oxygen atoms in total. The Morgan fingerprint density at radius 3 is 1.90 bits per heavy atom. The normalized spacial score (nSPS) is 15.5. The lowest BCUT2D eigenvalue weighted by Gasteiger charge is -2.31. The molecule has 2 rings (SSSR count). The van der Waals surface area contributed by atoms with Gasteiger partial charge in [0, 0.05) is 11.8 Å². The molecule has 0 spiro atoms. The molecule has 0 amide bonds. The van der Waals surface area contributed by atoms with Crippen LogP contribution >= 0.6 is 0 Å². The minimum Gasteiger partial charge on any atom is -0.373 e. The average molecular weight is 432 g/mol. The van der Waals surface area contributed by atoms with Crippen LogP contribution in [0.4, 0.5) is 26.3 Å². The van der Waals surface area contributed by atoms with Crippen LogP contribution in [-0.2, 0) is 27.3 Å². The zero-order valence-corrected chi connectivity index (χ0v) is 16.5. The monoisotopic (exact) mass is 432 g/mol. The molecule has 2 unspecified atom stereocenters. The number of ether oxygens (including phenoxy) is 1. The zero-order valence-electron chi connectivity index (χ0n) is 16.5. The van der Waals surface area contributed by atoms with Crippen LogP contribution in [0.3, 0.4) is 0 Å². The van der Waals surface area contributed by atoms with Gasteiger partial charge in [-0.05, 0) is 42.7 Å². The van der Waals surface area contributed by atoms with Gasteiger partial charge in [-0.15, -0.1) is 0 Å². The van der Waals surface area contributed by atoms with E-state index < -0.39 is 35.0 Å². The number of aldehydes is 1. The Hall–Kier alpha value is -2.35. The number of rotatable bonds is 8. The fourth-order valence-electron chi connectivity index (χ4n) is 3.14. The molecule has 30 heavy (non-hydrogen) atoms. The second-order valence-corrected chi connectivity index (χ2v) is 7.42. The molecule has 2 aromatic rings. The number of halogens is 6. The molecule has 0 bridgehead atoms. The maximum atomic E-state index is 13.1. The SMILES string of the molecule is CC(OCC(C)(CCC=O)c1ccccc1)c1cc(C(F)(F)F)cc(C(F)(F)F)c1. The highest BCUT2D eigenvalue weighted by atomic mass is 19.4. The van der Waals surface area contributed by atoms with Crippen LogP contribution in [0.2, 0.25) is 0 Å². The first-order chi connectivity index (χ1) is 13.9. The van der Waals surface area contributed by atoms with Crippen molar-refractivity contribution in [2.45, 2.75) is 50.6 Å². The van der Waals surface area contributed by atoms with E-state index in [1.165, 1.54) is 6.92 Å². The number of carbonyl (C=O) groups is 1. The maximum absolute atomic E-state index is 13.1. The number of hydrogen-bond donors (Lipinski definition) is 0. The lowest BCUT2D eigenvalue weighted by atomic mass is 9.79. The van der Waals surface area contributed by atoms with Crippen LogP contribution in [0.1, 0.15) is 55.0 Å². The quantitative estimate of drug-likeness (QED) is 0.341. The first kappa shape index (κ1) is 23.9. The van der Waals surface area contributed by atoms with Crippen molar-refractivity contribution in [1.29, 1.82) is 0 Å². The van der Waals surface area contributed by atoms with Gasteiger partial charge in [0.15, 0.2) is 0 Å². The van der Waals surface area contributed by atoms with E-state index in [0.29, 0.717) is 18.6 Å². The summed E-state index contributed by atoms with van der Waals surface area (Å²) in [6.45, 7) is 3.26. The van der Waals surface area contributed by atoms with Crippen molar-refractivity contribution in [2.75, 3.05) is 6.61 Å². The minimum atomic E-state index is -4.92. The molecule has 0 radical (unpaired) electrons. The fraction of sp³-hybridized carbons (Fsp3) is 0.409. The predicted octanol–water partition coefficient (Wildman–Crippen LogP) is 6.74. The third kappa shape index (κ3) is 6.08. The van der Waals surface area contributed by atoms with Gasteiger partial charge in [-0.25, -0.2) is 0 Å². The summed E-state index contributed by atoms with van der Waals surface area (Å²) in [6, 6.07) is 10.5. The van der Waals surface area contributed by atoms with E-state index in [-0.39, 0.29) is 24.7 Å². The van der Waals surface area contributed by atoms with E-state index in [1.807, 2.05) is 25.1 Å². The van der Waals surface area contributed by atoms with Gasteiger partial charge in [-0.2, -0.15) is 26.3 Å². The Kier molecular flexibility index (Phi) is 7.34. The molecule has 2 aromatic carbocycles. The van der Waals surface area contributed by atoms with Crippen LogP contribution in [-0.4, -0.2) is 12.9 Å². The van der Waals surface area contributed by atoms with Gasteiger partial charge in [-0.1, -0.05) is 37.3 Å². The van der Waals surface area contributed by atoms with Crippen LogP contribution < -0.4 is 0 Å². The van der Waals surface area contributed by atoms with E-state index in [2.05, 4.69) is 0 Å². The summed E-state index contributed by atoms with van der Waals surface area (Å²) < 4.78 is 84.3. The van der Waals surface area contributed by atoms with Gasteiger partial charge in [0.1, 0.15) is 6.29 Å². The maximum Gasteiger partial charge on any atom is 0.416 e. The second-order valence-electron chi connectivity index (χ2n) is 7.42. The van der Waals surface area contributed by atoms with Gasteiger partial charge in [0.05, 0.1) is 23.8 Å². The van der Waals surface area contributed by atoms with Gasteiger partial charge < -0.3 is 9.53 Å². The van der Waals surface area contributed by atoms with Crippen LogP contribution in [0.25, 0.3) is 0 Å². The number of hydrogen-bond acceptors (Lipinski definition) is 2. The minimum absolute atomic E-state index is 0.0175. The molecule has 0 aliphatic rings. The summed E-state index contributed by atoms with van der Waals surface area (Å²) in [7, 11) is 0. The Morgan fingerprint density at radius 1 is 0.900 bits per heavy atom. The smallest absolute Gasteiger partial charge is 0.373 e. The second kappa shape index (κ2) is 9.20. The molecule has 0 aliphatic carbocycles. The molecular formula is C22H22F6O2. The van der Waals surface area contributed by atoms with Crippen molar-refractivity contribution in [3.63, 3.8) is 0 Å². The summed E-state index contributed by atoms with van der Waals surface area (Å²) in [4.78, 5) is 10.9. The lowest BCUT2D eigenvalue weighted by Crippen LogP contribution is -2.29. The van der Waals surface area contributed by atoms with Crippen molar-refractivity contribution in [2.24, 2.45) is 0 Å². The van der Waals surface area contributed by atoms with Gasteiger partial charge in [0.25, 0.3) is 0 Å². The molecule has 0 aliphatic heterocycles. The van der Waals surface area contributed by atoms with Crippen molar-refractivity contribution in [3.8, 4) is 0 Å². The Labute approximate surface area is 170 Å². The van der Waals surface area contributed by atoms with Crippen molar-refractivity contribution < 1.29 is 35.9 Å². The van der Waals surface area contributed by atoms with Crippen molar-refractivity contribution in [1.82, 2.24) is 0 Å². The fourth-order valence-corrected chi connectivity index (χ4v) is 3.14. The summed E-state index contributed by atoms with van der Waals surface area (Å²) in [5.74, 6) is 0. The lowest BCUT2D eigenvalue weighted by molar-refractivity contribution is -0.143. The van der Waals surface area contributed by atoms with Crippen LogP contribution in [0.15, 0.2) is 48.5 Å². The van der Waals surface area contributed by atoms with E-state index >= 15 is 0 Å². The molecule has 0 saturated carbocycles. The molecule has 0 aromatic heterocycles. The molecular weight excluding hydrogens is 410 g/mol. The molecule has 0 saturated heterocycles. The van der Waals surface area contributed by atoms with Crippen molar-refractivity contribution in [3.05, 3.63) is 70.8 Å². The molecule has 2 atom stereocenters. The van der Waals surface area contributed by atoms with E-state index in [0.717, 1.165) is 11.8 Å². The van der Waals surface area contributed by atoms with Crippen LogP contribution in [0, 0.1) is 0 Å². The summed E-state index contributed by atoms with van der Waals surface area (Å²) in [6.07, 6.45) is -9.44. The molecule has 0 fully saturated rings. The Morgan fingerprint density at radius 2 is 1.43 bits per heavy atom. The van der Waals surface area contributed by atoms with Crippen molar-refractivity contribution >= 4 is 6.29 Å². The van der Waals surface area contributed by atoms with Gasteiger partial charge >= 0.3 is 12.4 Å². The standard InChI is InChI=1S/C22H22F6O2/c1-15(16-11-18(21(23,24)25)13-19(12-16)22(26,27)28)30-14-20(2,9-6-10-29)17-7-4-3-5-8-17/h3-5,7-8,10-13,15H,6,9,14H2,1-2H3.